The minimum Gasteiger partial charge on any atom is -0.497 e. The molecule has 11 heteroatoms. The number of piperazine rings is 1. The quantitative estimate of drug-likeness (QED) is 0.446. The number of nitrogens with two attached hydrogens (primary N) is 1. The van der Waals surface area contributed by atoms with Gasteiger partial charge in [-0.25, -0.2) is 18.4 Å². The van der Waals surface area contributed by atoms with Crippen molar-refractivity contribution in [3.63, 3.8) is 0 Å². The molecule has 0 spiro atoms. The predicted molar refractivity (Wildman–Crippen MR) is 138 cm³/mol. The van der Waals surface area contributed by atoms with E-state index in [4.69, 9.17) is 20.4 Å². The summed E-state index contributed by atoms with van der Waals surface area (Å²) in [6.45, 7) is 6.13. The van der Waals surface area contributed by atoms with Crippen LogP contribution in [0.25, 0.3) is 10.9 Å². The minimum atomic E-state index is -3.58. The number of rotatable bonds is 9. The largest absolute Gasteiger partial charge is 0.497 e. The van der Waals surface area contributed by atoms with Gasteiger partial charge >= 0.3 is 0 Å². The Bertz CT molecular complexity index is 1320. The Balaban J connectivity index is 1.48. The standard InChI is InChI=1S/C25H32N6O4S/c1-17(2)23(24(26)32)29-25-20-6-4-5-7-21(20)27-22(28-25)16-30-12-14-31(15-13-30)36(33,34)19-10-8-18(35-3)9-11-19/h4-11,17,23H,12-16H2,1-3H3,(H2,26,32)(H,27,28,29)/t23-/m0/s1. The van der Waals surface area contributed by atoms with Crippen LogP contribution in [-0.2, 0) is 21.4 Å². The summed E-state index contributed by atoms with van der Waals surface area (Å²) in [6.07, 6.45) is 0. The van der Waals surface area contributed by atoms with Crippen molar-refractivity contribution >= 4 is 32.7 Å². The average molecular weight is 513 g/mol. The first kappa shape index (κ1) is 25.8. The lowest BCUT2D eigenvalue weighted by Crippen LogP contribution is -2.48. The van der Waals surface area contributed by atoms with Crippen LogP contribution >= 0.6 is 0 Å². The third-order valence-corrected chi connectivity index (χ3v) is 8.22. The van der Waals surface area contributed by atoms with Gasteiger partial charge in [0, 0.05) is 31.6 Å². The highest BCUT2D eigenvalue weighted by atomic mass is 32.2. The third-order valence-electron chi connectivity index (χ3n) is 6.31. The lowest BCUT2D eigenvalue weighted by Gasteiger charge is -2.33. The highest BCUT2D eigenvalue weighted by Gasteiger charge is 2.29. The van der Waals surface area contributed by atoms with Crippen LogP contribution in [0.5, 0.6) is 5.75 Å². The smallest absolute Gasteiger partial charge is 0.243 e. The van der Waals surface area contributed by atoms with Crippen LogP contribution in [0.3, 0.4) is 0 Å². The zero-order chi connectivity index (χ0) is 25.9. The predicted octanol–water partition coefficient (Wildman–Crippen LogP) is 2.07. The molecule has 2 aromatic carbocycles. The maximum Gasteiger partial charge on any atom is 0.243 e. The van der Waals surface area contributed by atoms with Crippen LogP contribution in [0, 0.1) is 5.92 Å². The number of nitrogens with zero attached hydrogens (tertiary/aromatic N) is 4. The zero-order valence-electron chi connectivity index (χ0n) is 20.7. The van der Waals surface area contributed by atoms with Gasteiger partial charge in [-0.1, -0.05) is 26.0 Å². The Labute approximate surface area is 211 Å². The molecule has 1 saturated heterocycles. The van der Waals surface area contributed by atoms with E-state index in [-0.39, 0.29) is 10.8 Å². The van der Waals surface area contributed by atoms with Crippen LogP contribution < -0.4 is 15.8 Å². The molecule has 1 amide bonds. The number of para-hydroxylation sites is 1. The Hall–Kier alpha value is -3.28. The van der Waals surface area contributed by atoms with Crippen molar-refractivity contribution in [2.24, 2.45) is 11.7 Å². The van der Waals surface area contributed by atoms with Crippen LogP contribution in [0.1, 0.15) is 19.7 Å². The zero-order valence-corrected chi connectivity index (χ0v) is 21.5. The third kappa shape index (κ3) is 5.58. The van der Waals surface area contributed by atoms with Crippen LogP contribution in [0.2, 0.25) is 0 Å². The van der Waals surface area contributed by atoms with E-state index in [0.717, 1.165) is 10.9 Å². The molecule has 3 aromatic rings. The van der Waals surface area contributed by atoms with Crippen molar-refractivity contribution in [1.29, 1.82) is 0 Å². The summed E-state index contributed by atoms with van der Waals surface area (Å²) < 4.78 is 32.7. The number of ether oxygens (including phenoxy) is 1. The number of benzene rings is 2. The van der Waals surface area contributed by atoms with Crippen LogP contribution in [0.4, 0.5) is 5.82 Å². The molecule has 1 aromatic heterocycles. The molecule has 3 N–H and O–H groups in total. The fourth-order valence-electron chi connectivity index (χ4n) is 4.24. The molecular formula is C25H32N6O4S. The first-order valence-corrected chi connectivity index (χ1v) is 13.3. The van der Waals surface area contributed by atoms with E-state index < -0.39 is 22.0 Å². The molecule has 0 aliphatic carbocycles. The molecular weight excluding hydrogens is 480 g/mol. The number of nitrogens with one attached hydrogen (secondary N) is 1. The van der Waals surface area contributed by atoms with Gasteiger partial charge in [-0.2, -0.15) is 4.31 Å². The lowest BCUT2D eigenvalue weighted by atomic mass is 10.0. The minimum absolute atomic E-state index is 0.0135. The molecule has 0 radical (unpaired) electrons. The van der Waals surface area contributed by atoms with Crippen molar-refractivity contribution in [2.45, 2.75) is 31.3 Å². The van der Waals surface area contributed by atoms with Crippen LogP contribution in [0.15, 0.2) is 53.4 Å². The number of carbonyl (C=O) groups is 1. The maximum atomic E-state index is 13.1. The van der Waals surface area contributed by atoms with Crippen molar-refractivity contribution in [3.05, 3.63) is 54.4 Å². The van der Waals surface area contributed by atoms with Crippen molar-refractivity contribution in [3.8, 4) is 5.75 Å². The molecule has 0 saturated carbocycles. The number of methoxy groups -OCH3 is 1. The molecule has 4 rings (SSSR count). The molecule has 2 heterocycles. The number of primary amides is 1. The van der Waals surface area contributed by atoms with E-state index in [9.17, 15) is 13.2 Å². The summed E-state index contributed by atoms with van der Waals surface area (Å²) in [5.74, 6) is 1.31. The van der Waals surface area contributed by atoms with Crippen molar-refractivity contribution in [1.82, 2.24) is 19.2 Å². The fourth-order valence-corrected chi connectivity index (χ4v) is 5.67. The number of aromatic nitrogens is 2. The molecule has 192 valence electrons. The topological polar surface area (TPSA) is 131 Å². The second-order valence-electron chi connectivity index (χ2n) is 9.13. The Kier molecular flexibility index (Phi) is 7.72. The van der Waals surface area contributed by atoms with Crippen LogP contribution in [-0.4, -0.2) is 72.8 Å². The SMILES string of the molecule is COc1ccc(S(=O)(=O)N2CCN(Cc3nc(N[C@H](C(N)=O)C(C)C)c4ccccc4n3)CC2)cc1. The molecule has 10 nitrogen and oxygen atoms in total. The lowest BCUT2D eigenvalue weighted by molar-refractivity contribution is -0.119. The Morgan fingerprint density at radius 2 is 1.72 bits per heavy atom. The van der Waals surface area contributed by atoms with Gasteiger partial charge in [0.2, 0.25) is 15.9 Å². The number of hydrogen-bond donors (Lipinski definition) is 2. The molecule has 1 aliphatic rings. The summed E-state index contributed by atoms with van der Waals surface area (Å²) in [5.41, 5.74) is 6.37. The Morgan fingerprint density at radius 3 is 2.33 bits per heavy atom. The highest BCUT2D eigenvalue weighted by Crippen LogP contribution is 2.24. The fraction of sp³-hybridized carbons (Fsp3) is 0.400. The summed E-state index contributed by atoms with van der Waals surface area (Å²) in [5, 5.41) is 4.02. The number of anilines is 1. The Morgan fingerprint density at radius 1 is 1.06 bits per heavy atom. The maximum absolute atomic E-state index is 13.1. The molecule has 1 fully saturated rings. The van der Waals surface area contributed by atoms with Gasteiger partial charge in [-0.05, 0) is 42.3 Å². The van der Waals surface area contributed by atoms with Gasteiger partial charge in [0.15, 0.2) is 0 Å². The number of amides is 1. The molecule has 1 aliphatic heterocycles. The van der Waals surface area contributed by atoms with E-state index in [0.29, 0.717) is 50.1 Å². The summed E-state index contributed by atoms with van der Waals surface area (Å²) in [7, 11) is -2.04. The second-order valence-corrected chi connectivity index (χ2v) is 11.1. The van der Waals surface area contributed by atoms with Gasteiger partial charge in [0.05, 0.1) is 24.1 Å². The van der Waals surface area contributed by atoms with E-state index >= 15 is 0 Å². The first-order chi connectivity index (χ1) is 17.2. The van der Waals surface area contributed by atoms with Crippen molar-refractivity contribution in [2.75, 3.05) is 38.6 Å². The summed E-state index contributed by atoms with van der Waals surface area (Å²) in [6, 6.07) is 13.5. The number of sulfonamides is 1. The van der Waals surface area contributed by atoms with Gasteiger partial charge in [-0.3, -0.25) is 9.69 Å². The number of hydrogen-bond acceptors (Lipinski definition) is 8. The number of carbonyl (C=O) groups excluding carboxylic acids is 1. The molecule has 0 bridgehead atoms. The monoisotopic (exact) mass is 512 g/mol. The molecule has 1 atom stereocenters. The molecule has 36 heavy (non-hydrogen) atoms. The van der Waals surface area contributed by atoms with E-state index in [2.05, 4.69) is 10.2 Å². The van der Waals surface area contributed by atoms with E-state index in [1.165, 1.54) is 4.31 Å². The van der Waals surface area contributed by atoms with Crippen molar-refractivity contribution < 1.29 is 17.9 Å². The number of fused-ring (bicyclic) bond motifs is 1. The first-order valence-electron chi connectivity index (χ1n) is 11.9. The normalized spacial score (nSPS) is 16.2. The van der Waals surface area contributed by atoms with E-state index in [1.807, 2.05) is 38.1 Å². The molecule has 0 unspecified atom stereocenters. The highest BCUT2D eigenvalue weighted by molar-refractivity contribution is 7.89. The summed E-state index contributed by atoms with van der Waals surface area (Å²) >= 11 is 0. The van der Waals surface area contributed by atoms with Gasteiger partial charge in [-0.15, -0.1) is 0 Å². The van der Waals surface area contributed by atoms with Gasteiger partial charge in [0.25, 0.3) is 0 Å². The second kappa shape index (κ2) is 10.8. The van der Waals surface area contributed by atoms with Gasteiger partial charge in [0.1, 0.15) is 23.4 Å². The van der Waals surface area contributed by atoms with E-state index in [1.54, 1.807) is 31.4 Å². The average Bonchev–Trinajstić information content (AvgIpc) is 2.87. The summed E-state index contributed by atoms with van der Waals surface area (Å²) in [4.78, 5) is 23.8. The van der Waals surface area contributed by atoms with Gasteiger partial charge < -0.3 is 15.8 Å².